The quantitative estimate of drug-likeness (QED) is 0.708. The number of alkyl halides is 3. The van der Waals surface area contributed by atoms with Crippen LogP contribution in [0.1, 0.15) is 17.2 Å². The Morgan fingerprint density at radius 1 is 1.04 bits per heavy atom. The SMILES string of the molecule is O=S(=O)(N[C@@H]1c2ccccc2C=C[C@H]1NCC(F)(F)F)c1ccc(Br)cc1. The van der Waals surface area contributed by atoms with E-state index in [4.69, 9.17) is 0 Å². The normalized spacial score (nSPS) is 19.7. The van der Waals surface area contributed by atoms with Gasteiger partial charge in [-0.05, 0) is 35.4 Å². The molecule has 0 spiro atoms. The highest BCUT2D eigenvalue weighted by Gasteiger charge is 2.34. The Kier molecular flexibility index (Phi) is 5.76. The van der Waals surface area contributed by atoms with Crippen molar-refractivity contribution in [2.45, 2.75) is 23.2 Å². The second kappa shape index (κ2) is 7.75. The predicted octanol–water partition coefficient (Wildman–Crippen LogP) is 4.02. The van der Waals surface area contributed by atoms with Gasteiger partial charge in [-0.1, -0.05) is 52.3 Å². The summed E-state index contributed by atoms with van der Waals surface area (Å²) in [5.74, 6) is 0. The van der Waals surface area contributed by atoms with Crippen LogP contribution in [0, 0.1) is 0 Å². The van der Waals surface area contributed by atoms with Crippen LogP contribution < -0.4 is 10.0 Å². The number of nitrogens with one attached hydrogen (secondary N) is 2. The van der Waals surface area contributed by atoms with Gasteiger partial charge < -0.3 is 5.32 Å². The number of benzene rings is 2. The first-order valence-corrected chi connectivity index (χ1v) is 10.3. The molecule has 27 heavy (non-hydrogen) atoms. The maximum absolute atomic E-state index is 12.8. The maximum Gasteiger partial charge on any atom is 0.401 e. The van der Waals surface area contributed by atoms with Crippen LogP contribution in [0.15, 0.2) is 64.0 Å². The summed E-state index contributed by atoms with van der Waals surface area (Å²) in [5.41, 5.74) is 1.37. The van der Waals surface area contributed by atoms with E-state index < -0.39 is 34.8 Å². The van der Waals surface area contributed by atoms with Crippen LogP contribution >= 0.6 is 15.9 Å². The van der Waals surface area contributed by atoms with E-state index in [1.54, 1.807) is 48.6 Å². The minimum Gasteiger partial charge on any atom is -0.301 e. The van der Waals surface area contributed by atoms with Crippen molar-refractivity contribution < 1.29 is 21.6 Å². The molecule has 2 atom stereocenters. The van der Waals surface area contributed by atoms with E-state index in [-0.39, 0.29) is 4.90 Å². The van der Waals surface area contributed by atoms with Crippen LogP contribution in [0.5, 0.6) is 0 Å². The first kappa shape index (κ1) is 20.1. The van der Waals surface area contributed by atoms with E-state index in [0.717, 1.165) is 10.0 Å². The van der Waals surface area contributed by atoms with Gasteiger partial charge in [0.2, 0.25) is 10.0 Å². The van der Waals surface area contributed by atoms with Crippen molar-refractivity contribution in [3.05, 3.63) is 70.2 Å². The smallest absolute Gasteiger partial charge is 0.301 e. The van der Waals surface area contributed by atoms with Crippen molar-refractivity contribution in [1.29, 1.82) is 0 Å². The highest BCUT2D eigenvalue weighted by atomic mass is 79.9. The zero-order valence-corrected chi connectivity index (χ0v) is 16.3. The van der Waals surface area contributed by atoms with E-state index in [9.17, 15) is 21.6 Å². The van der Waals surface area contributed by atoms with E-state index >= 15 is 0 Å². The van der Waals surface area contributed by atoms with E-state index in [0.29, 0.717) is 5.56 Å². The minimum absolute atomic E-state index is 0.0345. The molecule has 1 aliphatic rings. The Balaban J connectivity index is 1.92. The molecule has 0 radical (unpaired) electrons. The number of hydrogen-bond donors (Lipinski definition) is 2. The fourth-order valence-electron chi connectivity index (χ4n) is 2.86. The van der Waals surface area contributed by atoms with Crippen LogP contribution in [-0.2, 0) is 10.0 Å². The third-order valence-electron chi connectivity index (χ3n) is 4.12. The van der Waals surface area contributed by atoms with Crippen molar-refractivity contribution in [2.24, 2.45) is 0 Å². The molecular formula is C18H16BrF3N2O2S. The molecule has 2 aromatic carbocycles. The largest absolute Gasteiger partial charge is 0.401 e. The molecular weight excluding hydrogens is 445 g/mol. The lowest BCUT2D eigenvalue weighted by atomic mass is 9.90. The van der Waals surface area contributed by atoms with Gasteiger partial charge in [0.1, 0.15) is 0 Å². The fourth-order valence-corrected chi connectivity index (χ4v) is 4.37. The number of hydrogen-bond acceptors (Lipinski definition) is 3. The average Bonchev–Trinajstić information content (AvgIpc) is 2.60. The number of fused-ring (bicyclic) bond motifs is 1. The van der Waals surface area contributed by atoms with Crippen molar-refractivity contribution in [3.63, 3.8) is 0 Å². The van der Waals surface area contributed by atoms with Crippen LogP contribution in [0.25, 0.3) is 6.08 Å². The van der Waals surface area contributed by atoms with Crippen molar-refractivity contribution in [2.75, 3.05) is 6.54 Å². The van der Waals surface area contributed by atoms with Gasteiger partial charge in [-0.3, -0.25) is 0 Å². The van der Waals surface area contributed by atoms with Crippen LogP contribution in [0.4, 0.5) is 13.2 Å². The maximum atomic E-state index is 12.8. The second-order valence-electron chi connectivity index (χ2n) is 6.06. The van der Waals surface area contributed by atoms with Crippen molar-refractivity contribution in [3.8, 4) is 0 Å². The molecule has 0 aromatic heterocycles. The summed E-state index contributed by atoms with van der Waals surface area (Å²) in [7, 11) is -3.93. The zero-order chi connectivity index (χ0) is 19.7. The molecule has 0 aliphatic heterocycles. The lowest BCUT2D eigenvalue weighted by Gasteiger charge is -2.31. The van der Waals surface area contributed by atoms with Crippen molar-refractivity contribution >= 4 is 32.0 Å². The monoisotopic (exact) mass is 460 g/mol. The molecule has 0 bridgehead atoms. The lowest BCUT2D eigenvalue weighted by molar-refractivity contribution is -0.125. The number of sulfonamides is 1. The standard InChI is InChI=1S/C18H16BrF3N2O2S/c19-13-6-8-14(9-7-13)27(25,26)24-17-15-4-2-1-3-12(15)5-10-16(17)23-11-18(20,21)22/h1-10,16-17,23-24H,11H2/t16-,17-/m1/s1. The Morgan fingerprint density at radius 2 is 1.70 bits per heavy atom. The second-order valence-corrected chi connectivity index (χ2v) is 8.69. The summed E-state index contributed by atoms with van der Waals surface area (Å²) >= 11 is 3.24. The first-order chi connectivity index (χ1) is 12.7. The molecule has 2 N–H and O–H groups in total. The topological polar surface area (TPSA) is 58.2 Å². The molecule has 0 amide bonds. The van der Waals surface area contributed by atoms with Crippen LogP contribution in [-0.4, -0.2) is 27.2 Å². The van der Waals surface area contributed by atoms with E-state index in [1.165, 1.54) is 12.1 Å². The highest BCUT2D eigenvalue weighted by Crippen LogP contribution is 2.30. The van der Waals surface area contributed by atoms with Crippen molar-refractivity contribution in [1.82, 2.24) is 10.0 Å². The molecule has 0 unspecified atom stereocenters. The summed E-state index contributed by atoms with van der Waals surface area (Å²) < 4.78 is 66.7. The Bertz CT molecular complexity index is 944. The van der Waals surface area contributed by atoms with Gasteiger partial charge >= 0.3 is 6.18 Å². The van der Waals surface area contributed by atoms with Crippen LogP contribution in [0.3, 0.4) is 0 Å². The molecule has 0 fully saturated rings. The van der Waals surface area contributed by atoms with Gasteiger partial charge in [0.25, 0.3) is 0 Å². The van der Waals surface area contributed by atoms with Gasteiger partial charge in [-0.25, -0.2) is 13.1 Å². The third kappa shape index (κ3) is 4.98. The number of rotatable bonds is 5. The molecule has 9 heteroatoms. The lowest BCUT2D eigenvalue weighted by Crippen LogP contribution is -2.46. The molecule has 1 aliphatic carbocycles. The van der Waals surface area contributed by atoms with Gasteiger partial charge in [0.15, 0.2) is 0 Å². The Hall–Kier alpha value is -1.68. The van der Waals surface area contributed by atoms with Crippen LogP contribution in [0.2, 0.25) is 0 Å². The Morgan fingerprint density at radius 3 is 2.37 bits per heavy atom. The average molecular weight is 461 g/mol. The van der Waals surface area contributed by atoms with Gasteiger partial charge in [0.05, 0.1) is 17.5 Å². The molecule has 0 saturated carbocycles. The molecule has 144 valence electrons. The summed E-state index contributed by atoms with van der Waals surface area (Å²) in [5, 5.41) is 2.39. The Labute approximate surface area is 163 Å². The molecule has 3 rings (SSSR count). The van der Waals surface area contributed by atoms with Gasteiger partial charge in [-0.2, -0.15) is 13.2 Å². The molecule has 0 saturated heterocycles. The minimum atomic E-state index is -4.40. The summed E-state index contributed by atoms with van der Waals surface area (Å²) in [6.45, 7) is -1.22. The molecule has 0 heterocycles. The summed E-state index contributed by atoms with van der Waals surface area (Å²) in [6, 6.07) is 11.3. The molecule has 2 aromatic rings. The summed E-state index contributed by atoms with van der Waals surface area (Å²) in [4.78, 5) is 0.0345. The highest BCUT2D eigenvalue weighted by molar-refractivity contribution is 9.10. The zero-order valence-electron chi connectivity index (χ0n) is 13.9. The third-order valence-corrected chi connectivity index (χ3v) is 6.10. The number of halogens is 4. The fraction of sp³-hybridized carbons (Fsp3) is 0.222. The van der Waals surface area contributed by atoms with E-state index in [1.807, 2.05) is 0 Å². The molecule has 4 nitrogen and oxygen atoms in total. The first-order valence-electron chi connectivity index (χ1n) is 8.01. The summed E-state index contributed by atoms with van der Waals surface area (Å²) in [6.07, 6.45) is -1.17. The van der Waals surface area contributed by atoms with E-state index in [2.05, 4.69) is 26.0 Å². The predicted molar refractivity (Wildman–Crippen MR) is 101 cm³/mol. The van der Waals surface area contributed by atoms with Gasteiger partial charge in [0, 0.05) is 10.5 Å². The van der Waals surface area contributed by atoms with Gasteiger partial charge in [-0.15, -0.1) is 0 Å².